The van der Waals surface area contributed by atoms with Gasteiger partial charge >= 0.3 is 6.18 Å². The van der Waals surface area contributed by atoms with Crippen LogP contribution in [0, 0.1) is 5.92 Å². The second kappa shape index (κ2) is 6.97. The molecule has 0 radical (unpaired) electrons. The molecule has 1 N–H and O–H groups in total. The van der Waals surface area contributed by atoms with Crippen LogP contribution in [0.25, 0.3) is 0 Å². The number of alkyl halides is 3. The molecule has 1 aromatic rings. The molecule has 5 heteroatoms. The molecule has 0 saturated carbocycles. The molecule has 2 nitrogen and oxygen atoms in total. The van der Waals surface area contributed by atoms with Crippen LogP contribution in [-0.2, 0) is 12.7 Å². The summed E-state index contributed by atoms with van der Waals surface area (Å²) >= 11 is 0. The lowest BCUT2D eigenvalue weighted by Crippen LogP contribution is -2.20. The molecule has 0 bridgehead atoms. The van der Waals surface area contributed by atoms with Crippen molar-refractivity contribution in [1.29, 1.82) is 0 Å². The van der Waals surface area contributed by atoms with Crippen molar-refractivity contribution >= 4 is 0 Å². The molecule has 0 aliphatic heterocycles. The Labute approximate surface area is 118 Å². The van der Waals surface area contributed by atoms with Crippen LogP contribution >= 0.6 is 0 Å². The molecule has 20 heavy (non-hydrogen) atoms. The third kappa shape index (κ3) is 5.41. The van der Waals surface area contributed by atoms with Crippen LogP contribution in [0.1, 0.15) is 38.8 Å². The number of nitrogens with one attached hydrogen (secondary N) is 1. The zero-order valence-corrected chi connectivity index (χ0v) is 12.3. The second-order valence-electron chi connectivity index (χ2n) is 5.52. The Morgan fingerprint density at radius 1 is 1.15 bits per heavy atom. The first kappa shape index (κ1) is 16.8. The van der Waals surface area contributed by atoms with Crippen molar-refractivity contribution in [3.63, 3.8) is 0 Å². The predicted octanol–water partition coefficient (Wildman–Crippen LogP) is 4.24. The molecular formula is C15H22F3NO. The summed E-state index contributed by atoms with van der Waals surface area (Å²) in [6, 6.07) is 4.22. The molecular weight excluding hydrogens is 267 g/mol. The van der Waals surface area contributed by atoms with E-state index in [-0.39, 0.29) is 11.9 Å². The fourth-order valence-electron chi connectivity index (χ4n) is 1.77. The average molecular weight is 289 g/mol. The molecule has 0 aromatic heterocycles. The number of halogens is 3. The highest BCUT2D eigenvalue weighted by Gasteiger charge is 2.34. The van der Waals surface area contributed by atoms with E-state index in [1.807, 2.05) is 13.8 Å². The lowest BCUT2D eigenvalue weighted by Gasteiger charge is -2.17. The Bertz CT molecular complexity index is 428. The van der Waals surface area contributed by atoms with Gasteiger partial charge < -0.3 is 10.1 Å². The number of ether oxygens (including phenoxy) is 1. The van der Waals surface area contributed by atoms with Crippen molar-refractivity contribution < 1.29 is 17.9 Å². The number of hydrogen-bond acceptors (Lipinski definition) is 2. The van der Waals surface area contributed by atoms with Crippen LogP contribution in [0.4, 0.5) is 13.2 Å². The van der Waals surface area contributed by atoms with Gasteiger partial charge in [0.05, 0.1) is 11.7 Å². The Morgan fingerprint density at radius 2 is 1.80 bits per heavy atom. The molecule has 0 spiro atoms. The Morgan fingerprint density at radius 3 is 2.30 bits per heavy atom. The predicted molar refractivity (Wildman–Crippen MR) is 73.8 cm³/mol. The molecule has 0 atom stereocenters. The van der Waals surface area contributed by atoms with Gasteiger partial charge in [0.15, 0.2) is 0 Å². The van der Waals surface area contributed by atoms with Gasteiger partial charge in [0.25, 0.3) is 0 Å². The highest BCUT2D eigenvalue weighted by atomic mass is 19.4. The van der Waals surface area contributed by atoms with E-state index in [0.717, 1.165) is 12.6 Å². The first-order valence-electron chi connectivity index (χ1n) is 6.77. The van der Waals surface area contributed by atoms with E-state index in [1.54, 1.807) is 19.9 Å². The highest BCUT2D eigenvalue weighted by molar-refractivity contribution is 5.39. The summed E-state index contributed by atoms with van der Waals surface area (Å²) in [6.07, 6.45) is -4.70. The van der Waals surface area contributed by atoms with Crippen LogP contribution in [0.5, 0.6) is 5.75 Å². The molecule has 0 amide bonds. The van der Waals surface area contributed by atoms with Crippen molar-refractivity contribution in [3.8, 4) is 5.75 Å². The smallest absolute Gasteiger partial charge is 0.419 e. The zero-order chi connectivity index (χ0) is 15.3. The monoisotopic (exact) mass is 289 g/mol. The fraction of sp³-hybridized carbons (Fsp3) is 0.600. The first-order chi connectivity index (χ1) is 9.20. The topological polar surface area (TPSA) is 21.3 Å². The van der Waals surface area contributed by atoms with E-state index in [2.05, 4.69) is 5.32 Å². The normalized spacial score (nSPS) is 12.2. The Kier molecular flexibility index (Phi) is 5.87. The van der Waals surface area contributed by atoms with Crippen LogP contribution in [0.15, 0.2) is 18.2 Å². The van der Waals surface area contributed by atoms with Crippen LogP contribution < -0.4 is 10.1 Å². The molecule has 0 aliphatic carbocycles. The lowest BCUT2D eigenvalue weighted by atomic mass is 10.1. The minimum Gasteiger partial charge on any atom is -0.490 e. The van der Waals surface area contributed by atoms with E-state index in [1.165, 1.54) is 6.07 Å². The molecule has 0 unspecified atom stereocenters. The largest absolute Gasteiger partial charge is 0.490 e. The minimum absolute atomic E-state index is 0.111. The van der Waals surface area contributed by atoms with Gasteiger partial charge in [0.1, 0.15) is 5.75 Å². The SMILES string of the molecule is CC(C)CNCc1ccc(OC(C)C)c(C(F)(F)F)c1. The third-order valence-electron chi connectivity index (χ3n) is 2.59. The summed E-state index contributed by atoms with van der Waals surface area (Å²) in [7, 11) is 0. The number of rotatable bonds is 6. The number of benzene rings is 1. The molecule has 0 saturated heterocycles. The van der Waals surface area contributed by atoms with E-state index < -0.39 is 11.7 Å². The molecule has 1 aromatic carbocycles. The van der Waals surface area contributed by atoms with Crippen molar-refractivity contribution in [2.45, 2.75) is 46.5 Å². The maximum Gasteiger partial charge on any atom is 0.419 e. The lowest BCUT2D eigenvalue weighted by molar-refractivity contribution is -0.139. The van der Waals surface area contributed by atoms with Gasteiger partial charge in [-0.25, -0.2) is 0 Å². The molecule has 0 fully saturated rings. The van der Waals surface area contributed by atoms with Crippen molar-refractivity contribution in [1.82, 2.24) is 5.32 Å². The van der Waals surface area contributed by atoms with Crippen LogP contribution in [0.2, 0.25) is 0 Å². The summed E-state index contributed by atoms with van der Waals surface area (Å²) in [5.74, 6) is 0.348. The van der Waals surface area contributed by atoms with Gasteiger partial charge in [-0.05, 0) is 44.0 Å². The van der Waals surface area contributed by atoms with E-state index in [4.69, 9.17) is 4.74 Å². The van der Waals surface area contributed by atoms with Gasteiger partial charge in [-0.2, -0.15) is 13.2 Å². The van der Waals surface area contributed by atoms with Gasteiger partial charge in [-0.3, -0.25) is 0 Å². The Balaban J connectivity index is 2.90. The quantitative estimate of drug-likeness (QED) is 0.846. The van der Waals surface area contributed by atoms with Crippen LogP contribution in [-0.4, -0.2) is 12.6 Å². The maximum atomic E-state index is 13.0. The van der Waals surface area contributed by atoms with E-state index in [9.17, 15) is 13.2 Å². The average Bonchev–Trinajstić information content (AvgIpc) is 2.28. The molecule has 1 rings (SSSR count). The Hall–Kier alpha value is -1.23. The molecule has 0 aliphatic rings. The standard InChI is InChI=1S/C15H22F3NO/c1-10(2)8-19-9-12-5-6-14(20-11(3)4)13(7-12)15(16,17)18/h5-7,10-11,19H,8-9H2,1-4H3. The van der Waals surface area contributed by atoms with Gasteiger partial charge in [0.2, 0.25) is 0 Å². The number of hydrogen-bond donors (Lipinski definition) is 1. The van der Waals surface area contributed by atoms with E-state index in [0.29, 0.717) is 18.0 Å². The summed E-state index contributed by atoms with van der Waals surface area (Å²) in [5.41, 5.74) is -0.107. The summed E-state index contributed by atoms with van der Waals surface area (Å²) in [4.78, 5) is 0. The van der Waals surface area contributed by atoms with Crippen molar-refractivity contribution in [2.75, 3.05) is 6.54 Å². The zero-order valence-electron chi connectivity index (χ0n) is 12.3. The fourth-order valence-corrected chi connectivity index (χ4v) is 1.77. The molecule has 114 valence electrons. The van der Waals surface area contributed by atoms with Crippen molar-refractivity contribution in [2.24, 2.45) is 5.92 Å². The van der Waals surface area contributed by atoms with Crippen LogP contribution in [0.3, 0.4) is 0 Å². The third-order valence-corrected chi connectivity index (χ3v) is 2.59. The van der Waals surface area contributed by atoms with Gasteiger partial charge in [-0.1, -0.05) is 19.9 Å². The van der Waals surface area contributed by atoms with E-state index >= 15 is 0 Å². The van der Waals surface area contributed by atoms with Crippen molar-refractivity contribution in [3.05, 3.63) is 29.3 Å². The summed E-state index contributed by atoms with van der Waals surface area (Å²) < 4.78 is 44.3. The minimum atomic E-state index is -4.40. The second-order valence-corrected chi connectivity index (χ2v) is 5.52. The first-order valence-corrected chi connectivity index (χ1v) is 6.77. The summed E-state index contributed by atoms with van der Waals surface area (Å²) in [6.45, 7) is 8.70. The van der Waals surface area contributed by atoms with Gasteiger partial charge in [-0.15, -0.1) is 0 Å². The summed E-state index contributed by atoms with van der Waals surface area (Å²) in [5, 5.41) is 3.13. The highest BCUT2D eigenvalue weighted by Crippen LogP contribution is 2.37. The maximum absolute atomic E-state index is 13.0. The molecule has 0 heterocycles. The van der Waals surface area contributed by atoms with Gasteiger partial charge in [0, 0.05) is 6.54 Å².